The van der Waals surface area contributed by atoms with Crippen LogP contribution in [0.15, 0.2) is 5.51 Å². The molecule has 11 heavy (non-hydrogen) atoms. The summed E-state index contributed by atoms with van der Waals surface area (Å²) in [7, 11) is 0. The second kappa shape index (κ2) is 3.83. The summed E-state index contributed by atoms with van der Waals surface area (Å²) in [6.45, 7) is 7.28. The molecule has 0 bridgehead atoms. The maximum absolute atomic E-state index is 4.24. The van der Waals surface area contributed by atoms with Gasteiger partial charge < -0.3 is 5.32 Å². The summed E-state index contributed by atoms with van der Waals surface area (Å²) in [4.78, 5) is 5.56. The molecule has 0 atom stereocenters. The fraction of sp³-hybridized carbons (Fsp3) is 0.625. The lowest BCUT2D eigenvalue weighted by Gasteiger charge is -2.05. The minimum atomic E-state index is 0.538. The number of nitrogens with zero attached hydrogens (tertiary/aromatic N) is 1. The van der Waals surface area contributed by atoms with Crippen LogP contribution in [0.5, 0.6) is 0 Å². The highest BCUT2D eigenvalue weighted by Crippen LogP contribution is 2.10. The first kappa shape index (κ1) is 8.68. The first-order valence-corrected chi connectivity index (χ1v) is 4.70. The SMILES string of the molecule is Cc1scnc1CNC(C)C. The zero-order valence-corrected chi connectivity index (χ0v) is 8.03. The monoisotopic (exact) mass is 170 g/mol. The van der Waals surface area contributed by atoms with E-state index in [2.05, 4.69) is 31.1 Å². The Morgan fingerprint density at radius 3 is 2.82 bits per heavy atom. The summed E-state index contributed by atoms with van der Waals surface area (Å²) in [6, 6.07) is 0.538. The van der Waals surface area contributed by atoms with Crippen LogP contribution in [-0.2, 0) is 6.54 Å². The normalized spacial score (nSPS) is 10.9. The standard InChI is InChI=1S/C8H14N2S/c1-6(2)9-4-8-7(3)11-5-10-8/h5-6,9H,4H2,1-3H3. The third-order valence-electron chi connectivity index (χ3n) is 1.52. The molecule has 62 valence electrons. The average molecular weight is 170 g/mol. The van der Waals surface area contributed by atoms with Gasteiger partial charge in [-0.1, -0.05) is 13.8 Å². The Bertz CT molecular complexity index is 218. The van der Waals surface area contributed by atoms with E-state index < -0.39 is 0 Å². The van der Waals surface area contributed by atoms with Gasteiger partial charge in [0.15, 0.2) is 0 Å². The van der Waals surface area contributed by atoms with Crippen molar-refractivity contribution in [3.63, 3.8) is 0 Å². The molecule has 1 heterocycles. The number of aromatic nitrogens is 1. The van der Waals surface area contributed by atoms with Gasteiger partial charge in [-0.3, -0.25) is 0 Å². The summed E-state index contributed by atoms with van der Waals surface area (Å²) < 4.78 is 0. The molecule has 0 aliphatic carbocycles. The molecule has 1 rings (SSSR count). The molecule has 0 aliphatic heterocycles. The summed E-state index contributed by atoms with van der Waals surface area (Å²) >= 11 is 1.70. The molecule has 1 N–H and O–H groups in total. The van der Waals surface area contributed by atoms with Crippen molar-refractivity contribution in [1.82, 2.24) is 10.3 Å². The largest absolute Gasteiger partial charge is 0.309 e. The number of rotatable bonds is 3. The number of aryl methyl sites for hydroxylation is 1. The van der Waals surface area contributed by atoms with Crippen LogP contribution in [0, 0.1) is 6.92 Å². The fourth-order valence-corrected chi connectivity index (χ4v) is 1.40. The van der Waals surface area contributed by atoms with E-state index in [0.29, 0.717) is 6.04 Å². The maximum Gasteiger partial charge on any atom is 0.0798 e. The molecule has 2 nitrogen and oxygen atoms in total. The molecule has 0 radical (unpaired) electrons. The molecule has 0 unspecified atom stereocenters. The lowest BCUT2D eigenvalue weighted by molar-refractivity contribution is 0.581. The van der Waals surface area contributed by atoms with Gasteiger partial charge in [0.25, 0.3) is 0 Å². The van der Waals surface area contributed by atoms with Gasteiger partial charge >= 0.3 is 0 Å². The Balaban J connectivity index is 2.44. The summed E-state index contributed by atoms with van der Waals surface area (Å²) in [5.41, 5.74) is 3.08. The molecule has 1 aromatic heterocycles. The van der Waals surface area contributed by atoms with Gasteiger partial charge in [0.05, 0.1) is 11.2 Å². The zero-order chi connectivity index (χ0) is 8.27. The van der Waals surface area contributed by atoms with Crippen LogP contribution in [0.3, 0.4) is 0 Å². The number of thiazole rings is 1. The van der Waals surface area contributed by atoms with Gasteiger partial charge in [-0.25, -0.2) is 4.98 Å². The van der Waals surface area contributed by atoms with Gasteiger partial charge in [0.2, 0.25) is 0 Å². The van der Waals surface area contributed by atoms with E-state index in [1.807, 2.05) is 5.51 Å². The fourth-order valence-electron chi connectivity index (χ4n) is 0.799. The van der Waals surface area contributed by atoms with Gasteiger partial charge in [-0.2, -0.15) is 0 Å². The van der Waals surface area contributed by atoms with Crippen molar-refractivity contribution in [1.29, 1.82) is 0 Å². The first-order valence-electron chi connectivity index (χ1n) is 3.82. The molecular formula is C8H14N2S. The van der Waals surface area contributed by atoms with Crippen LogP contribution in [0.2, 0.25) is 0 Å². The molecule has 0 spiro atoms. The van der Waals surface area contributed by atoms with Crippen molar-refractivity contribution in [3.8, 4) is 0 Å². The highest BCUT2D eigenvalue weighted by Gasteiger charge is 2.00. The maximum atomic E-state index is 4.24. The van der Waals surface area contributed by atoms with Crippen LogP contribution in [-0.4, -0.2) is 11.0 Å². The van der Waals surface area contributed by atoms with Crippen LogP contribution < -0.4 is 5.32 Å². The van der Waals surface area contributed by atoms with Gasteiger partial charge in [-0.15, -0.1) is 11.3 Å². The highest BCUT2D eigenvalue weighted by atomic mass is 32.1. The van der Waals surface area contributed by atoms with E-state index >= 15 is 0 Å². The topological polar surface area (TPSA) is 24.9 Å². The number of hydrogen-bond acceptors (Lipinski definition) is 3. The minimum Gasteiger partial charge on any atom is -0.309 e. The molecule has 0 aromatic carbocycles. The van der Waals surface area contributed by atoms with Crippen molar-refractivity contribution in [3.05, 3.63) is 16.1 Å². The summed E-state index contributed by atoms with van der Waals surface area (Å²) in [6.07, 6.45) is 0. The van der Waals surface area contributed by atoms with Crippen molar-refractivity contribution >= 4 is 11.3 Å². The molecule has 3 heteroatoms. The van der Waals surface area contributed by atoms with Gasteiger partial charge in [0.1, 0.15) is 0 Å². The Labute approximate surface area is 71.7 Å². The Hall–Kier alpha value is -0.410. The molecule has 0 fully saturated rings. The third kappa shape index (κ3) is 2.60. The lowest BCUT2D eigenvalue weighted by Crippen LogP contribution is -2.22. The second-order valence-electron chi connectivity index (χ2n) is 2.89. The predicted octanol–water partition coefficient (Wildman–Crippen LogP) is 1.95. The number of nitrogens with one attached hydrogen (secondary N) is 1. The van der Waals surface area contributed by atoms with E-state index in [1.54, 1.807) is 11.3 Å². The first-order chi connectivity index (χ1) is 5.20. The minimum absolute atomic E-state index is 0.538. The summed E-state index contributed by atoms with van der Waals surface area (Å²) in [5.74, 6) is 0. The van der Waals surface area contributed by atoms with Gasteiger partial charge in [0, 0.05) is 17.5 Å². The van der Waals surface area contributed by atoms with Crippen LogP contribution in [0.4, 0.5) is 0 Å². The molecule has 0 saturated carbocycles. The molecule has 0 saturated heterocycles. The Kier molecular flexibility index (Phi) is 3.02. The Morgan fingerprint density at radius 1 is 1.64 bits per heavy atom. The van der Waals surface area contributed by atoms with Crippen molar-refractivity contribution in [2.24, 2.45) is 0 Å². The zero-order valence-electron chi connectivity index (χ0n) is 7.22. The highest BCUT2D eigenvalue weighted by molar-refractivity contribution is 7.09. The van der Waals surface area contributed by atoms with Crippen LogP contribution in [0.25, 0.3) is 0 Å². The van der Waals surface area contributed by atoms with E-state index in [0.717, 1.165) is 6.54 Å². The van der Waals surface area contributed by atoms with E-state index in [1.165, 1.54) is 10.6 Å². The van der Waals surface area contributed by atoms with Crippen molar-refractivity contribution in [2.45, 2.75) is 33.4 Å². The number of hydrogen-bond donors (Lipinski definition) is 1. The third-order valence-corrected chi connectivity index (χ3v) is 2.32. The Morgan fingerprint density at radius 2 is 2.36 bits per heavy atom. The van der Waals surface area contributed by atoms with Crippen molar-refractivity contribution in [2.75, 3.05) is 0 Å². The van der Waals surface area contributed by atoms with E-state index in [9.17, 15) is 0 Å². The molecule has 1 aromatic rings. The predicted molar refractivity (Wildman–Crippen MR) is 48.8 cm³/mol. The molecule has 0 amide bonds. The van der Waals surface area contributed by atoms with E-state index in [4.69, 9.17) is 0 Å². The van der Waals surface area contributed by atoms with Crippen molar-refractivity contribution < 1.29 is 0 Å². The molecule has 0 aliphatic rings. The average Bonchev–Trinajstić information content (AvgIpc) is 2.31. The lowest BCUT2D eigenvalue weighted by atomic mass is 10.3. The molecular weight excluding hydrogens is 156 g/mol. The smallest absolute Gasteiger partial charge is 0.0798 e. The van der Waals surface area contributed by atoms with Gasteiger partial charge in [-0.05, 0) is 6.92 Å². The van der Waals surface area contributed by atoms with E-state index in [-0.39, 0.29) is 0 Å². The van der Waals surface area contributed by atoms with Crippen LogP contribution >= 0.6 is 11.3 Å². The van der Waals surface area contributed by atoms with Crippen LogP contribution in [0.1, 0.15) is 24.4 Å². The second-order valence-corrected chi connectivity index (χ2v) is 3.95. The quantitative estimate of drug-likeness (QED) is 0.750. The summed E-state index contributed by atoms with van der Waals surface area (Å²) in [5, 5.41) is 3.33.